The van der Waals surface area contributed by atoms with Crippen LogP contribution in [0.5, 0.6) is 0 Å². The Hall–Kier alpha value is -1.96. The Morgan fingerprint density at radius 1 is 1.19 bits per heavy atom. The highest BCUT2D eigenvalue weighted by atomic mass is 35.5. The van der Waals surface area contributed by atoms with Crippen LogP contribution < -0.4 is 16.4 Å². The van der Waals surface area contributed by atoms with E-state index in [2.05, 4.69) is 15.6 Å². The van der Waals surface area contributed by atoms with Crippen molar-refractivity contribution in [3.63, 3.8) is 0 Å². The minimum atomic E-state index is -0.607. The summed E-state index contributed by atoms with van der Waals surface area (Å²) < 4.78 is 0. The van der Waals surface area contributed by atoms with Gasteiger partial charge in [0.1, 0.15) is 5.01 Å². The third-order valence-electron chi connectivity index (χ3n) is 3.80. The zero-order chi connectivity index (χ0) is 18.4. The number of halogens is 1. The van der Waals surface area contributed by atoms with E-state index in [-0.39, 0.29) is 36.7 Å². The molecule has 2 amide bonds. The van der Waals surface area contributed by atoms with Crippen molar-refractivity contribution < 1.29 is 9.59 Å². The average molecular weight is 397 g/mol. The molecule has 1 atom stereocenters. The Morgan fingerprint density at radius 3 is 2.46 bits per heavy atom. The Bertz CT molecular complexity index is 734. The first kappa shape index (κ1) is 22.1. The van der Waals surface area contributed by atoms with Crippen LogP contribution >= 0.6 is 23.7 Å². The quantitative estimate of drug-likeness (QED) is 0.668. The normalized spacial score (nSPS) is 11.6. The van der Waals surface area contributed by atoms with E-state index in [1.165, 1.54) is 0 Å². The summed E-state index contributed by atoms with van der Waals surface area (Å²) >= 11 is 1.55. The number of aromatic nitrogens is 1. The molecule has 0 aliphatic rings. The highest BCUT2D eigenvalue weighted by Gasteiger charge is 2.17. The summed E-state index contributed by atoms with van der Waals surface area (Å²) in [5, 5.41) is 6.29. The van der Waals surface area contributed by atoms with Gasteiger partial charge >= 0.3 is 0 Å². The van der Waals surface area contributed by atoms with Gasteiger partial charge < -0.3 is 16.4 Å². The standard InChI is InChI=1S/C18H24N4O2S.ClH/c1-11(2)16(19)17(24)21-10-15(23)20-9-14-12(3)22-18(25-14)13-7-5-4-6-8-13;/h4-8,11,16H,9-10,19H2,1-3H3,(H,20,23)(H,21,24);1H/t16-;/m0./s1. The first-order valence-electron chi connectivity index (χ1n) is 8.20. The van der Waals surface area contributed by atoms with E-state index in [9.17, 15) is 9.59 Å². The summed E-state index contributed by atoms with van der Waals surface area (Å²) in [6, 6.07) is 9.31. The van der Waals surface area contributed by atoms with Gasteiger partial charge in [-0.2, -0.15) is 0 Å². The Morgan fingerprint density at radius 2 is 1.85 bits per heavy atom. The van der Waals surface area contributed by atoms with Gasteiger partial charge in [0.25, 0.3) is 0 Å². The number of rotatable bonds is 7. The monoisotopic (exact) mass is 396 g/mol. The number of thiazole rings is 1. The lowest BCUT2D eigenvalue weighted by Crippen LogP contribution is -2.47. The number of hydrogen-bond donors (Lipinski definition) is 3. The van der Waals surface area contributed by atoms with Gasteiger partial charge in [-0.15, -0.1) is 23.7 Å². The number of amides is 2. The molecule has 0 unspecified atom stereocenters. The van der Waals surface area contributed by atoms with Crippen LogP contribution in [0.2, 0.25) is 0 Å². The van der Waals surface area contributed by atoms with Crippen molar-refractivity contribution in [2.45, 2.75) is 33.4 Å². The number of benzene rings is 1. The van der Waals surface area contributed by atoms with Crippen molar-refractivity contribution in [2.24, 2.45) is 11.7 Å². The summed E-state index contributed by atoms with van der Waals surface area (Å²) in [5.74, 6) is -0.539. The number of nitrogens with zero attached hydrogens (tertiary/aromatic N) is 1. The minimum Gasteiger partial charge on any atom is -0.350 e. The summed E-state index contributed by atoms with van der Waals surface area (Å²) in [7, 11) is 0. The first-order chi connectivity index (χ1) is 11.9. The number of hydrogen-bond acceptors (Lipinski definition) is 5. The molecule has 2 rings (SSSR count). The number of carbonyl (C=O) groups excluding carboxylic acids is 2. The van der Waals surface area contributed by atoms with Crippen LogP contribution in [0.25, 0.3) is 10.6 Å². The molecule has 4 N–H and O–H groups in total. The second-order valence-electron chi connectivity index (χ2n) is 6.16. The molecule has 6 nitrogen and oxygen atoms in total. The van der Waals surface area contributed by atoms with Crippen LogP contribution in [0.15, 0.2) is 30.3 Å². The average Bonchev–Trinajstić information content (AvgIpc) is 2.98. The predicted octanol–water partition coefficient (Wildman–Crippen LogP) is 2.26. The molecule has 0 spiro atoms. The molecule has 8 heteroatoms. The largest absolute Gasteiger partial charge is 0.350 e. The molecule has 2 aromatic rings. The van der Waals surface area contributed by atoms with E-state index in [1.54, 1.807) is 11.3 Å². The summed E-state index contributed by atoms with van der Waals surface area (Å²) in [6.45, 7) is 5.96. The molecule has 1 aromatic carbocycles. The Kier molecular flexibility index (Phi) is 8.71. The topological polar surface area (TPSA) is 97.1 Å². The van der Waals surface area contributed by atoms with Crippen molar-refractivity contribution in [1.29, 1.82) is 0 Å². The van der Waals surface area contributed by atoms with E-state index >= 15 is 0 Å². The highest BCUT2D eigenvalue weighted by molar-refractivity contribution is 7.15. The first-order valence-corrected chi connectivity index (χ1v) is 9.02. The van der Waals surface area contributed by atoms with Gasteiger partial charge in [0.2, 0.25) is 11.8 Å². The van der Waals surface area contributed by atoms with Crippen molar-refractivity contribution in [3.05, 3.63) is 40.9 Å². The Balaban J connectivity index is 0.00000338. The number of carbonyl (C=O) groups is 2. The zero-order valence-electron chi connectivity index (χ0n) is 15.1. The van der Waals surface area contributed by atoms with Crippen molar-refractivity contribution in [2.75, 3.05) is 6.54 Å². The molecule has 0 aliphatic carbocycles. The molecular weight excluding hydrogens is 372 g/mol. The number of nitrogens with one attached hydrogen (secondary N) is 2. The van der Waals surface area contributed by atoms with Gasteiger partial charge in [0.05, 0.1) is 24.8 Å². The SMILES string of the molecule is Cc1nc(-c2ccccc2)sc1CNC(=O)CNC(=O)[C@@H](N)C(C)C.Cl. The van der Waals surface area contributed by atoms with Gasteiger partial charge in [0.15, 0.2) is 0 Å². The molecule has 0 fully saturated rings. The molecule has 142 valence electrons. The third kappa shape index (κ3) is 6.09. The second kappa shape index (κ2) is 10.3. The molecular formula is C18H25ClN4O2S. The number of nitrogens with two attached hydrogens (primary N) is 1. The molecule has 1 heterocycles. The summed E-state index contributed by atoms with van der Waals surface area (Å²) in [4.78, 5) is 29.2. The predicted molar refractivity (Wildman–Crippen MR) is 107 cm³/mol. The van der Waals surface area contributed by atoms with Gasteiger partial charge in [0, 0.05) is 10.4 Å². The van der Waals surface area contributed by atoms with Crippen molar-refractivity contribution in [1.82, 2.24) is 15.6 Å². The van der Waals surface area contributed by atoms with Crippen molar-refractivity contribution in [3.8, 4) is 10.6 Å². The number of aryl methyl sites for hydroxylation is 1. The summed E-state index contributed by atoms with van der Waals surface area (Å²) in [6.07, 6.45) is 0. The van der Waals surface area contributed by atoms with Crippen molar-refractivity contribution >= 4 is 35.6 Å². The fourth-order valence-corrected chi connectivity index (χ4v) is 3.13. The smallest absolute Gasteiger partial charge is 0.239 e. The van der Waals surface area contributed by atoms with E-state index in [4.69, 9.17) is 5.73 Å². The van der Waals surface area contributed by atoms with E-state index in [0.717, 1.165) is 21.1 Å². The zero-order valence-corrected chi connectivity index (χ0v) is 16.7. The molecule has 0 saturated carbocycles. The van der Waals surface area contributed by atoms with Gasteiger partial charge in [-0.05, 0) is 12.8 Å². The molecule has 0 bridgehead atoms. The van der Waals surface area contributed by atoms with E-state index in [0.29, 0.717) is 6.54 Å². The van der Waals surface area contributed by atoms with Crippen LogP contribution in [-0.2, 0) is 16.1 Å². The van der Waals surface area contributed by atoms with Gasteiger partial charge in [-0.3, -0.25) is 9.59 Å². The maximum atomic E-state index is 11.9. The lowest BCUT2D eigenvalue weighted by Gasteiger charge is -2.15. The molecule has 0 saturated heterocycles. The highest BCUT2D eigenvalue weighted by Crippen LogP contribution is 2.27. The van der Waals surface area contributed by atoms with Crippen LogP contribution in [0, 0.1) is 12.8 Å². The fourth-order valence-electron chi connectivity index (χ4n) is 2.13. The van der Waals surface area contributed by atoms with E-state index in [1.807, 2.05) is 51.1 Å². The van der Waals surface area contributed by atoms with Gasteiger partial charge in [-0.25, -0.2) is 4.98 Å². The van der Waals surface area contributed by atoms with Gasteiger partial charge in [-0.1, -0.05) is 44.2 Å². The molecule has 0 aliphatic heterocycles. The lowest BCUT2D eigenvalue weighted by atomic mass is 10.1. The maximum Gasteiger partial charge on any atom is 0.239 e. The van der Waals surface area contributed by atoms with Crippen LogP contribution in [0.1, 0.15) is 24.4 Å². The van der Waals surface area contributed by atoms with Crippen LogP contribution in [0.3, 0.4) is 0 Å². The van der Waals surface area contributed by atoms with E-state index < -0.39 is 6.04 Å². The molecule has 1 aromatic heterocycles. The summed E-state index contributed by atoms with van der Waals surface area (Å²) in [5.41, 5.74) is 7.70. The molecule has 26 heavy (non-hydrogen) atoms. The second-order valence-corrected chi connectivity index (χ2v) is 7.24. The van der Waals surface area contributed by atoms with Crippen LogP contribution in [-0.4, -0.2) is 29.4 Å². The lowest BCUT2D eigenvalue weighted by molar-refractivity contribution is -0.127. The third-order valence-corrected chi connectivity index (χ3v) is 5.01. The maximum absolute atomic E-state index is 11.9. The van der Waals surface area contributed by atoms with Crippen LogP contribution in [0.4, 0.5) is 0 Å². The molecule has 0 radical (unpaired) electrons. The minimum absolute atomic E-state index is 0. The fraction of sp³-hybridized carbons (Fsp3) is 0.389. The Labute approximate surface area is 164 Å².